The zero-order valence-corrected chi connectivity index (χ0v) is 13.8. The number of halogens is 3. The summed E-state index contributed by atoms with van der Waals surface area (Å²) in [6.45, 7) is 2.13. The van der Waals surface area contributed by atoms with E-state index in [4.69, 9.17) is 5.26 Å². The maximum Gasteiger partial charge on any atom is 0.416 e. The molecule has 1 aliphatic rings. The summed E-state index contributed by atoms with van der Waals surface area (Å²) >= 11 is 0. The van der Waals surface area contributed by atoms with Gasteiger partial charge in [-0.15, -0.1) is 0 Å². The highest BCUT2D eigenvalue weighted by molar-refractivity contribution is 5.94. The molecule has 0 unspecified atom stereocenters. The van der Waals surface area contributed by atoms with Crippen LogP contribution in [0.3, 0.4) is 0 Å². The lowest BCUT2D eigenvalue weighted by Crippen LogP contribution is -2.48. The van der Waals surface area contributed by atoms with E-state index >= 15 is 0 Å². The van der Waals surface area contributed by atoms with Crippen molar-refractivity contribution in [1.29, 1.82) is 5.26 Å². The molecule has 1 saturated heterocycles. The van der Waals surface area contributed by atoms with E-state index in [2.05, 4.69) is 11.0 Å². The van der Waals surface area contributed by atoms with E-state index in [1.165, 1.54) is 12.1 Å². The van der Waals surface area contributed by atoms with Crippen LogP contribution in [-0.4, -0.2) is 37.0 Å². The molecule has 0 atom stereocenters. The van der Waals surface area contributed by atoms with Crippen molar-refractivity contribution in [3.8, 4) is 6.07 Å². The number of nitriles is 1. The van der Waals surface area contributed by atoms with Crippen LogP contribution in [0.25, 0.3) is 0 Å². The summed E-state index contributed by atoms with van der Waals surface area (Å²) in [4.78, 5) is 16.2. The molecular formula is C19H16F3N3O. The van der Waals surface area contributed by atoms with Gasteiger partial charge in [0.15, 0.2) is 0 Å². The Bertz CT molecular complexity index is 832. The second-order valence-corrected chi connectivity index (χ2v) is 6.02. The molecule has 2 aromatic carbocycles. The molecule has 134 valence electrons. The molecule has 2 aromatic rings. The van der Waals surface area contributed by atoms with E-state index in [1.54, 1.807) is 17.0 Å². The number of carbonyl (C=O) groups excluding carboxylic acids is 1. The monoisotopic (exact) mass is 359 g/mol. The standard InChI is InChI=1S/C19H16F3N3O/c20-19(21,22)16-6-4-15(5-7-16)18(26)25-10-8-24(9-11-25)17-3-1-2-14(12-17)13-23/h1-7,12H,8-11H2. The van der Waals surface area contributed by atoms with Gasteiger partial charge in [-0.05, 0) is 42.5 Å². The fraction of sp³-hybridized carbons (Fsp3) is 0.263. The number of hydrogen-bond acceptors (Lipinski definition) is 3. The summed E-state index contributed by atoms with van der Waals surface area (Å²) in [5, 5.41) is 8.98. The molecule has 1 fully saturated rings. The summed E-state index contributed by atoms with van der Waals surface area (Å²) in [5.41, 5.74) is 0.977. The van der Waals surface area contributed by atoms with E-state index in [1.807, 2.05) is 12.1 Å². The van der Waals surface area contributed by atoms with Gasteiger partial charge in [0.2, 0.25) is 0 Å². The maximum atomic E-state index is 12.6. The van der Waals surface area contributed by atoms with Gasteiger partial charge in [0.1, 0.15) is 0 Å². The maximum absolute atomic E-state index is 12.6. The molecule has 26 heavy (non-hydrogen) atoms. The molecule has 1 amide bonds. The molecule has 1 heterocycles. The van der Waals surface area contributed by atoms with Crippen LogP contribution in [0.1, 0.15) is 21.5 Å². The average Bonchev–Trinajstić information content (AvgIpc) is 2.67. The number of benzene rings is 2. The summed E-state index contributed by atoms with van der Waals surface area (Å²) in [5.74, 6) is -0.274. The first-order chi connectivity index (χ1) is 12.4. The fourth-order valence-corrected chi connectivity index (χ4v) is 2.92. The largest absolute Gasteiger partial charge is 0.416 e. The minimum atomic E-state index is -4.41. The predicted molar refractivity (Wildman–Crippen MR) is 90.7 cm³/mol. The van der Waals surface area contributed by atoms with E-state index in [-0.39, 0.29) is 11.5 Å². The topological polar surface area (TPSA) is 47.3 Å². The van der Waals surface area contributed by atoms with Crippen LogP contribution in [0, 0.1) is 11.3 Å². The first-order valence-electron chi connectivity index (χ1n) is 8.10. The number of hydrogen-bond donors (Lipinski definition) is 0. The van der Waals surface area contributed by atoms with Crippen LogP contribution in [-0.2, 0) is 6.18 Å². The number of piperazine rings is 1. The van der Waals surface area contributed by atoms with Crippen molar-refractivity contribution in [2.75, 3.05) is 31.1 Å². The van der Waals surface area contributed by atoms with E-state index in [0.29, 0.717) is 31.7 Å². The smallest absolute Gasteiger partial charge is 0.368 e. The number of nitrogens with zero attached hydrogens (tertiary/aromatic N) is 3. The Morgan fingerprint density at radius 3 is 2.23 bits per heavy atom. The average molecular weight is 359 g/mol. The number of rotatable bonds is 2. The molecular weight excluding hydrogens is 343 g/mol. The second kappa shape index (κ2) is 7.08. The number of carbonyl (C=O) groups is 1. The summed E-state index contributed by atoms with van der Waals surface area (Å²) < 4.78 is 37.8. The fourth-order valence-electron chi connectivity index (χ4n) is 2.92. The lowest BCUT2D eigenvalue weighted by molar-refractivity contribution is -0.137. The number of anilines is 1. The Morgan fingerprint density at radius 2 is 1.65 bits per heavy atom. The van der Waals surface area contributed by atoms with Crippen molar-refractivity contribution in [1.82, 2.24) is 4.90 Å². The summed E-state index contributed by atoms with van der Waals surface area (Å²) in [6.07, 6.45) is -4.41. The van der Waals surface area contributed by atoms with Gasteiger partial charge >= 0.3 is 6.18 Å². The zero-order valence-electron chi connectivity index (χ0n) is 13.8. The van der Waals surface area contributed by atoms with Gasteiger partial charge in [0.25, 0.3) is 5.91 Å². The van der Waals surface area contributed by atoms with Crippen molar-refractivity contribution in [3.05, 3.63) is 65.2 Å². The van der Waals surface area contributed by atoms with Crippen LogP contribution < -0.4 is 4.90 Å². The molecule has 3 rings (SSSR count). The highest BCUT2D eigenvalue weighted by Crippen LogP contribution is 2.29. The Labute approximate surface area is 149 Å². The number of alkyl halides is 3. The highest BCUT2D eigenvalue weighted by atomic mass is 19.4. The molecule has 0 spiro atoms. The third-order valence-electron chi connectivity index (χ3n) is 4.37. The molecule has 0 N–H and O–H groups in total. The molecule has 0 saturated carbocycles. The lowest BCUT2D eigenvalue weighted by atomic mass is 10.1. The van der Waals surface area contributed by atoms with Crippen molar-refractivity contribution in [3.63, 3.8) is 0 Å². The summed E-state index contributed by atoms with van der Waals surface area (Å²) in [7, 11) is 0. The van der Waals surface area contributed by atoms with Crippen LogP contribution in [0.2, 0.25) is 0 Å². The Morgan fingerprint density at radius 1 is 1.00 bits per heavy atom. The van der Waals surface area contributed by atoms with Gasteiger partial charge in [-0.2, -0.15) is 18.4 Å². The first kappa shape index (κ1) is 17.8. The third-order valence-corrected chi connectivity index (χ3v) is 4.37. The van der Waals surface area contributed by atoms with Gasteiger partial charge in [0.05, 0.1) is 17.2 Å². The third kappa shape index (κ3) is 3.80. The van der Waals surface area contributed by atoms with Gasteiger partial charge in [-0.3, -0.25) is 4.79 Å². The Kier molecular flexibility index (Phi) is 4.85. The number of amides is 1. The zero-order chi connectivity index (χ0) is 18.7. The lowest BCUT2D eigenvalue weighted by Gasteiger charge is -2.36. The molecule has 4 nitrogen and oxygen atoms in total. The quantitative estimate of drug-likeness (QED) is 0.824. The summed E-state index contributed by atoms with van der Waals surface area (Å²) in [6, 6.07) is 13.6. The molecule has 0 radical (unpaired) electrons. The Balaban J connectivity index is 1.64. The van der Waals surface area contributed by atoms with Crippen molar-refractivity contribution < 1.29 is 18.0 Å². The van der Waals surface area contributed by atoms with E-state index in [0.717, 1.165) is 17.8 Å². The first-order valence-corrected chi connectivity index (χ1v) is 8.10. The minimum absolute atomic E-state index is 0.248. The molecule has 0 aliphatic carbocycles. The van der Waals surface area contributed by atoms with Gasteiger partial charge < -0.3 is 9.80 Å². The van der Waals surface area contributed by atoms with Gasteiger partial charge in [0, 0.05) is 37.4 Å². The van der Waals surface area contributed by atoms with Crippen LogP contribution in [0.4, 0.5) is 18.9 Å². The van der Waals surface area contributed by atoms with Crippen LogP contribution in [0.5, 0.6) is 0 Å². The SMILES string of the molecule is N#Cc1cccc(N2CCN(C(=O)c3ccc(C(F)(F)F)cc3)CC2)c1. The Hall–Kier alpha value is -3.01. The predicted octanol–water partition coefficient (Wildman–Crippen LogP) is 3.54. The van der Waals surface area contributed by atoms with Crippen molar-refractivity contribution >= 4 is 11.6 Å². The minimum Gasteiger partial charge on any atom is -0.368 e. The van der Waals surface area contributed by atoms with Crippen LogP contribution in [0.15, 0.2) is 48.5 Å². The van der Waals surface area contributed by atoms with Crippen LogP contribution >= 0.6 is 0 Å². The van der Waals surface area contributed by atoms with Gasteiger partial charge in [-0.1, -0.05) is 6.07 Å². The normalized spacial score (nSPS) is 14.8. The van der Waals surface area contributed by atoms with Crippen molar-refractivity contribution in [2.24, 2.45) is 0 Å². The molecule has 1 aliphatic heterocycles. The molecule has 0 aromatic heterocycles. The van der Waals surface area contributed by atoms with E-state index < -0.39 is 11.7 Å². The molecule has 7 heteroatoms. The van der Waals surface area contributed by atoms with E-state index in [9.17, 15) is 18.0 Å². The van der Waals surface area contributed by atoms with Crippen molar-refractivity contribution in [2.45, 2.75) is 6.18 Å². The second-order valence-electron chi connectivity index (χ2n) is 6.02. The van der Waals surface area contributed by atoms with Gasteiger partial charge in [-0.25, -0.2) is 0 Å². The highest BCUT2D eigenvalue weighted by Gasteiger charge is 2.30. The molecule has 0 bridgehead atoms.